The summed E-state index contributed by atoms with van der Waals surface area (Å²) in [6, 6.07) is 11.5. The van der Waals surface area contributed by atoms with E-state index in [9.17, 15) is 0 Å². The lowest BCUT2D eigenvalue weighted by molar-refractivity contribution is 0.230. The number of benzene rings is 1. The smallest absolute Gasteiger partial charge is 0.221 e. The van der Waals surface area contributed by atoms with Crippen LogP contribution >= 0.6 is 0 Å². The highest BCUT2D eigenvalue weighted by Gasteiger charge is 2.39. The number of hydrogen-bond acceptors (Lipinski definition) is 4. The second kappa shape index (κ2) is 5.17. The molecule has 2 aromatic heterocycles. The van der Waals surface area contributed by atoms with Gasteiger partial charge in [0.1, 0.15) is 12.1 Å². The Morgan fingerprint density at radius 1 is 1.05 bits per heavy atom. The van der Waals surface area contributed by atoms with E-state index in [0.29, 0.717) is 11.1 Å². The van der Waals surface area contributed by atoms with Gasteiger partial charge in [0, 0.05) is 23.5 Å². The molecule has 4 nitrogen and oxygen atoms in total. The minimum absolute atomic E-state index is 0.141. The zero-order valence-electron chi connectivity index (χ0n) is 10.9. The van der Waals surface area contributed by atoms with Gasteiger partial charge in [-0.2, -0.15) is 5.26 Å². The molecule has 0 aliphatic rings. The number of halogens is 1. The normalized spacial score (nSPS) is 13.3. The van der Waals surface area contributed by atoms with Crippen molar-refractivity contribution in [3.05, 3.63) is 83.8 Å². The lowest BCUT2D eigenvalue weighted by Gasteiger charge is -2.23. The van der Waals surface area contributed by atoms with Crippen molar-refractivity contribution in [1.82, 2.24) is 9.97 Å². The molecule has 0 aliphatic carbocycles. The quantitative estimate of drug-likeness (QED) is 0.738. The topological polar surface area (TPSA) is 62.7 Å². The maximum absolute atomic E-state index is 15.8. The van der Waals surface area contributed by atoms with Crippen LogP contribution in [0.2, 0.25) is 0 Å². The third-order valence-electron chi connectivity index (χ3n) is 3.23. The monoisotopic (exact) mass is 279 g/mol. The van der Waals surface area contributed by atoms with Crippen LogP contribution in [0.4, 0.5) is 4.39 Å². The number of alkyl halides is 1. The standard InChI is InChI=1S/C16H10FN3O/c17-16(15-2-1-7-21-15,14-9-19-11-20-10-14)13-5-3-12(8-18)4-6-13/h1-7,9-11H. The highest BCUT2D eigenvalue weighted by Crippen LogP contribution is 2.40. The van der Waals surface area contributed by atoms with Crippen molar-refractivity contribution in [1.29, 1.82) is 5.26 Å². The first-order valence-electron chi connectivity index (χ1n) is 6.24. The molecular formula is C16H10FN3O. The third-order valence-corrected chi connectivity index (χ3v) is 3.23. The van der Waals surface area contributed by atoms with Crippen molar-refractivity contribution < 1.29 is 8.81 Å². The molecule has 5 heteroatoms. The van der Waals surface area contributed by atoms with Crippen molar-refractivity contribution in [3.8, 4) is 6.07 Å². The van der Waals surface area contributed by atoms with Crippen molar-refractivity contribution in [3.63, 3.8) is 0 Å². The SMILES string of the molecule is N#Cc1ccc(C(F)(c2cncnc2)c2ccco2)cc1. The van der Waals surface area contributed by atoms with Crippen LogP contribution in [0.3, 0.4) is 0 Å². The summed E-state index contributed by atoms with van der Waals surface area (Å²) in [5.41, 5.74) is -0.917. The highest BCUT2D eigenvalue weighted by molar-refractivity contribution is 5.44. The van der Waals surface area contributed by atoms with Gasteiger partial charge in [-0.1, -0.05) is 12.1 Å². The maximum atomic E-state index is 15.8. The van der Waals surface area contributed by atoms with E-state index in [2.05, 4.69) is 9.97 Å². The molecule has 1 aromatic carbocycles. The summed E-state index contributed by atoms with van der Waals surface area (Å²) in [7, 11) is 0. The van der Waals surface area contributed by atoms with Gasteiger partial charge in [0.15, 0.2) is 0 Å². The number of rotatable bonds is 3. The second-order valence-corrected chi connectivity index (χ2v) is 4.45. The molecule has 3 aromatic rings. The Hall–Kier alpha value is -3.00. The fourth-order valence-electron chi connectivity index (χ4n) is 2.18. The van der Waals surface area contributed by atoms with Gasteiger partial charge in [-0.25, -0.2) is 14.4 Å². The molecule has 21 heavy (non-hydrogen) atoms. The zero-order valence-corrected chi connectivity index (χ0v) is 10.9. The Balaban J connectivity index is 2.19. The molecule has 0 N–H and O–H groups in total. The van der Waals surface area contributed by atoms with Gasteiger partial charge in [-0.3, -0.25) is 0 Å². The van der Waals surface area contributed by atoms with E-state index in [1.807, 2.05) is 6.07 Å². The average molecular weight is 279 g/mol. The largest absolute Gasteiger partial charge is 0.465 e. The summed E-state index contributed by atoms with van der Waals surface area (Å²) in [6.45, 7) is 0. The highest BCUT2D eigenvalue weighted by atomic mass is 19.1. The molecule has 1 atom stereocenters. The Bertz CT molecular complexity index is 764. The Labute approximate surface area is 120 Å². The molecule has 0 aliphatic heterocycles. The summed E-state index contributed by atoms with van der Waals surface area (Å²) < 4.78 is 21.1. The first-order chi connectivity index (χ1) is 10.2. The summed E-state index contributed by atoms with van der Waals surface area (Å²) >= 11 is 0. The Kier molecular flexibility index (Phi) is 3.20. The minimum Gasteiger partial charge on any atom is -0.465 e. The van der Waals surface area contributed by atoms with Gasteiger partial charge in [-0.15, -0.1) is 0 Å². The lowest BCUT2D eigenvalue weighted by atomic mass is 9.87. The molecule has 0 saturated heterocycles. The van der Waals surface area contributed by atoms with Crippen LogP contribution in [0.25, 0.3) is 0 Å². The summed E-state index contributed by atoms with van der Waals surface area (Å²) in [5, 5.41) is 8.85. The fourth-order valence-corrected chi connectivity index (χ4v) is 2.18. The third kappa shape index (κ3) is 2.17. The molecule has 0 fully saturated rings. The predicted molar refractivity (Wildman–Crippen MR) is 72.9 cm³/mol. The molecule has 102 valence electrons. The van der Waals surface area contributed by atoms with Crippen LogP contribution in [-0.2, 0) is 5.67 Å². The Morgan fingerprint density at radius 2 is 1.76 bits per heavy atom. The van der Waals surface area contributed by atoms with Crippen LogP contribution in [0.1, 0.15) is 22.5 Å². The van der Waals surface area contributed by atoms with E-state index in [1.165, 1.54) is 25.0 Å². The molecule has 0 amide bonds. The van der Waals surface area contributed by atoms with Gasteiger partial charge < -0.3 is 4.42 Å². The molecule has 0 saturated carbocycles. The Morgan fingerprint density at radius 3 is 2.33 bits per heavy atom. The molecule has 0 spiro atoms. The first kappa shape index (κ1) is 13.0. The average Bonchev–Trinajstić information content (AvgIpc) is 3.10. The van der Waals surface area contributed by atoms with Crippen molar-refractivity contribution in [2.45, 2.75) is 5.67 Å². The summed E-state index contributed by atoms with van der Waals surface area (Å²) in [6.07, 6.45) is 5.57. The molecule has 0 bridgehead atoms. The first-order valence-corrected chi connectivity index (χ1v) is 6.24. The van der Waals surface area contributed by atoms with Gasteiger partial charge >= 0.3 is 0 Å². The number of nitriles is 1. The lowest BCUT2D eigenvalue weighted by Crippen LogP contribution is -2.23. The van der Waals surface area contributed by atoms with E-state index < -0.39 is 5.67 Å². The summed E-state index contributed by atoms with van der Waals surface area (Å²) in [4.78, 5) is 7.75. The van der Waals surface area contributed by atoms with Crippen molar-refractivity contribution in [2.24, 2.45) is 0 Å². The van der Waals surface area contributed by atoms with Gasteiger partial charge in [-0.05, 0) is 24.3 Å². The molecule has 0 radical (unpaired) electrons. The summed E-state index contributed by atoms with van der Waals surface area (Å²) in [5.74, 6) is 0.141. The van der Waals surface area contributed by atoms with E-state index in [1.54, 1.807) is 36.4 Å². The van der Waals surface area contributed by atoms with E-state index in [0.717, 1.165) is 0 Å². The molecular weight excluding hydrogens is 269 g/mol. The van der Waals surface area contributed by atoms with E-state index in [4.69, 9.17) is 9.68 Å². The van der Waals surface area contributed by atoms with Crippen molar-refractivity contribution >= 4 is 0 Å². The predicted octanol–water partition coefficient (Wildman–Crippen LogP) is 3.20. The number of nitrogens with zero attached hydrogens (tertiary/aromatic N) is 3. The molecule has 2 heterocycles. The minimum atomic E-state index is -2.00. The fraction of sp³-hybridized carbons (Fsp3) is 0.0625. The number of hydrogen-bond donors (Lipinski definition) is 0. The molecule has 1 unspecified atom stereocenters. The number of aromatic nitrogens is 2. The van der Waals surface area contributed by atoms with Crippen LogP contribution in [0.15, 0.2) is 65.8 Å². The van der Waals surface area contributed by atoms with Gasteiger partial charge in [0.05, 0.1) is 17.9 Å². The van der Waals surface area contributed by atoms with Crippen molar-refractivity contribution in [2.75, 3.05) is 0 Å². The van der Waals surface area contributed by atoms with Crippen LogP contribution in [-0.4, -0.2) is 9.97 Å². The van der Waals surface area contributed by atoms with Gasteiger partial charge in [0.2, 0.25) is 5.67 Å². The molecule has 3 rings (SSSR count). The number of furan rings is 1. The maximum Gasteiger partial charge on any atom is 0.221 e. The second-order valence-electron chi connectivity index (χ2n) is 4.45. The van der Waals surface area contributed by atoms with Gasteiger partial charge in [0.25, 0.3) is 0 Å². The zero-order chi connectivity index (χ0) is 14.7. The van der Waals surface area contributed by atoms with E-state index >= 15 is 4.39 Å². The van der Waals surface area contributed by atoms with E-state index in [-0.39, 0.29) is 11.3 Å². The van der Waals surface area contributed by atoms with Crippen LogP contribution in [0.5, 0.6) is 0 Å². The van der Waals surface area contributed by atoms with Crippen LogP contribution < -0.4 is 0 Å². The van der Waals surface area contributed by atoms with Crippen LogP contribution in [0, 0.1) is 11.3 Å².